The first kappa shape index (κ1) is 12.1. The summed E-state index contributed by atoms with van der Waals surface area (Å²) in [4.78, 5) is 12.1. The first-order chi connectivity index (χ1) is 7.75. The molecule has 16 heavy (non-hydrogen) atoms. The molecule has 1 saturated heterocycles. The lowest BCUT2D eigenvalue weighted by Gasteiger charge is -2.28. The summed E-state index contributed by atoms with van der Waals surface area (Å²) in [5.74, 6) is 1.56. The van der Waals surface area contributed by atoms with Gasteiger partial charge in [-0.2, -0.15) is 0 Å². The van der Waals surface area contributed by atoms with Crippen LogP contribution in [0.4, 0.5) is 0 Å². The van der Waals surface area contributed by atoms with Crippen LogP contribution in [0.3, 0.4) is 0 Å². The fourth-order valence-corrected chi connectivity index (χ4v) is 3.09. The minimum Gasteiger partial charge on any atom is -0.378 e. The summed E-state index contributed by atoms with van der Waals surface area (Å²) in [6.45, 7) is 3.13. The van der Waals surface area contributed by atoms with Crippen molar-refractivity contribution in [3.63, 3.8) is 0 Å². The predicted molar refractivity (Wildman–Crippen MR) is 64.3 cm³/mol. The summed E-state index contributed by atoms with van der Waals surface area (Å²) in [5, 5.41) is 0. The van der Waals surface area contributed by atoms with Gasteiger partial charge in [0.25, 0.3) is 0 Å². The number of hydrogen-bond acceptors (Lipinski definition) is 2. The molecule has 92 valence electrons. The van der Waals surface area contributed by atoms with Crippen LogP contribution < -0.4 is 0 Å². The van der Waals surface area contributed by atoms with Gasteiger partial charge in [-0.15, -0.1) is 0 Å². The van der Waals surface area contributed by atoms with Crippen molar-refractivity contribution >= 4 is 5.78 Å². The third-order valence-electron chi connectivity index (χ3n) is 4.09. The van der Waals surface area contributed by atoms with Crippen molar-refractivity contribution in [3.05, 3.63) is 0 Å². The van der Waals surface area contributed by atoms with Gasteiger partial charge in [-0.1, -0.05) is 19.8 Å². The molecule has 2 nitrogen and oxygen atoms in total. The zero-order valence-corrected chi connectivity index (χ0v) is 10.4. The summed E-state index contributed by atoms with van der Waals surface area (Å²) >= 11 is 0. The molecule has 2 rings (SSSR count). The normalized spacial score (nSPS) is 35.9. The van der Waals surface area contributed by atoms with Crippen LogP contribution in [0.5, 0.6) is 0 Å². The van der Waals surface area contributed by atoms with Crippen LogP contribution in [0.2, 0.25) is 0 Å². The monoisotopic (exact) mass is 224 g/mol. The second kappa shape index (κ2) is 5.81. The molecule has 2 aliphatic rings. The molecule has 0 N–H and O–H groups in total. The first-order valence-electron chi connectivity index (χ1n) is 6.90. The Labute approximate surface area is 98.7 Å². The van der Waals surface area contributed by atoms with Gasteiger partial charge in [0.15, 0.2) is 0 Å². The Bertz CT molecular complexity index is 231. The quantitative estimate of drug-likeness (QED) is 0.735. The van der Waals surface area contributed by atoms with Crippen LogP contribution in [0, 0.1) is 11.8 Å². The lowest BCUT2D eigenvalue weighted by Crippen LogP contribution is -2.28. The van der Waals surface area contributed by atoms with Crippen LogP contribution in [0.25, 0.3) is 0 Å². The number of carbonyl (C=O) groups is 1. The van der Waals surface area contributed by atoms with E-state index in [1.807, 2.05) is 0 Å². The minimum absolute atomic E-state index is 0.235. The van der Waals surface area contributed by atoms with E-state index in [1.54, 1.807) is 0 Å². The Morgan fingerprint density at radius 2 is 2.06 bits per heavy atom. The minimum atomic E-state index is 0.235. The summed E-state index contributed by atoms with van der Waals surface area (Å²) in [6, 6.07) is 0. The zero-order chi connectivity index (χ0) is 11.4. The van der Waals surface area contributed by atoms with Gasteiger partial charge in [0.1, 0.15) is 5.78 Å². The second-order valence-corrected chi connectivity index (χ2v) is 5.63. The van der Waals surface area contributed by atoms with E-state index < -0.39 is 0 Å². The molecule has 0 radical (unpaired) electrons. The van der Waals surface area contributed by atoms with Crippen molar-refractivity contribution in [2.24, 2.45) is 11.8 Å². The van der Waals surface area contributed by atoms with E-state index in [-0.39, 0.29) is 6.10 Å². The fraction of sp³-hybridized carbons (Fsp3) is 0.929. The Morgan fingerprint density at radius 1 is 1.19 bits per heavy atom. The van der Waals surface area contributed by atoms with Crippen LogP contribution >= 0.6 is 0 Å². The van der Waals surface area contributed by atoms with E-state index in [0.717, 1.165) is 31.8 Å². The molecule has 0 aromatic carbocycles. The molecule has 0 spiro atoms. The second-order valence-electron chi connectivity index (χ2n) is 5.63. The van der Waals surface area contributed by atoms with Gasteiger partial charge >= 0.3 is 0 Å². The van der Waals surface area contributed by atoms with Crippen LogP contribution in [0.15, 0.2) is 0 Å². The lowest BCUT2D eigenvalue weighted by molar-refractivity contribution is -0.128. The molecule has 2 fully saturated rings. The van der Waals surface area contributed by atoms with Gasteiger partial charge in [-0.25, -0.2) is 0 Å². The predicted octanol–water partition coefficient (Wildman–Crippen LogP) is 3.34. The Morgan fingerprint density at radius 3 is 2.75 bits per heavy atom. The van der Waals surface area contributed by atoms with Gasteiger partial charge < -0.3 is 4.74 Å². The third-order valence-corrected chi connectivity index (χ3v) is 4.09. The third kappa shape index (κ3) is 3.31. The van der Waals surface area contributed by atoms with Crippen molar-refractivity contribution in [1.29, 1.82) is 0 Å². The van der Waals surface area contributed by atoms with Gasteiger partial charge in [0.2, 0.25) is 0 Å². The fourth-order valence-electron chi connectivity index (χ4n) is 3.09. The molecule has 1 aliphatic carbocycles. The molecule has 1 aliphatic heterocycles. The molecule has 3 unspecified atom stereocenters. The van der Waals surface area contributed by atoms with Crippen LogP contribution in [0.1, 0.15) is 58.3 Å². The zero-order valence-electron chi connectivity index (χ0n) is 10.4. The van der Waals surface area contributed by atoms with Crippen LogP contribution in [-0.2, 0) is 9.53 Å². The standard InChI is InChI=1S/C14H24O2/c1-11-5-4-6-12(9-11)14(15)10-13-7-2-3-8-16-13/h11-13H,2-10H2,1H3. The number of hydrogen-bond donors (Lipinski definition) is 0. The lowest BCUT2D eigenvalue weighted by atomic mass is 9.79. The number of carbonyl (C=O) groups excluding carboxylic acids is 1. The number of rotatable bonds is 3. The summed E-state index contributed by atoms with van der Waals surface area (Å²) in [5.41, 5.74) is 0. The van der Waals surface area contributed by atoms with Crippen molar-refractivity contribution in [3.8, 4) is 0 Å². The van der Waals surface area contributed by atoms with E-state index in [1.165, 1.54) is 25.7 Å². The van der Waals surface area contributed by atoms with E-state index in [9.17, 15) is 4.79 Å². The Hall–Kier alpha value is -0.370. The largest absolute Gasteiger partial charge is 0.378 e. The van der Waals surface area contributed by atoms with E-state index in [2.05, 4.69) is 6.92 Å². The average molecular weight is 224 g/mol. The van der Waals surface area contributed by atoms with E-state index >= 15 is 0 Å². The molecule has 1 heterocycles. The van der Waals surface area contributed by atoms with Crippen LogP contribution in [-0.4, -0.2) is 18.5 Å². The van der Waals surface area contributed by atoms with Crippen molar-refractivity contribution < 1.29 is 9.53 Å². The topological polar surface area (TPSA) is 26.3 Å². The molecular formula is C14H24O2. The molecular weight excluding hydrogens is 200 g/mol. The maximum absolute atomic E-state index is 12.1. The number of ketones is 1. The van der Waals surface area contributed by atoms with Gasteiger partial charge in [0.05, 0.1) is 6.10 Å². The SMILES string of the molecule is CC1CCCC(C(=O)CC2CCCCO2)C1. The van der Waals surface area contributed by atoms with Gasteiger partial charge in [0, 0.05) is 18.9 Å². The smallest absolute Gasteiger partial charge is 0.138 e. The average Bonchev–Trinajstić information content (AvgIpc) is 2.30. The maximum atomic E-state index is 12.1. The van der Waals surface area contributed by atoms with E-state index in [0.29, 0.717) is 18.1 Å². The summed E-state index contributed by atoms with van der Waals surface area (Å²) < 4.78 is 5.65. The molecule has 3 atom stereocenters. The van der Waals surface area contributed by atoms with Gasteiger partial charge in [-0.05, 0) is 38.0 Å². The highest BCUT2D eigenvalue weighted by atomic mass is 16.5. The van der Waals surface area contributed by atoms with Crippen molar-refractivity contribution in [2.75, 3.05) is 6.61 Å². The maximum Gasteiger partial charge on any atom is 0.138 e. The molecule has 0 aromatic heterocycles. The molecule has 2 heteroatoms. The molecule has 0 aromatic rings. The van der Waals surface area contributed by atoms with E-state index in [4.69, 9.17) is 4.74 Å². The summed E-state index contributed by atoms with van der Waals surface area (Å²) in [6.07, 6.45) is 9.20. The highest BCUT2D eigenvalue weighted by Crippen LogP contribution is 2.31. The molecule has 0 amide bonds. The number of Topliss-reactive ketones (excluding diaryl/α,β-unsaturated/α-hetero) is 1. The molecule has 1 saturated carbocycles. The highest BCUT2D eigenvalue weighted by molar-refractivity contribution is 5.81. The molecule has 0 bridgehead atoms. The number of ether oxygens (including phenoxy) is 1. The first-order valence-corrected chi connectivity index (χ1v) is 6.90. The van der Waals surface area contributed by atoms with Gasteiger partial charge in [-0.3, -0.25) is 4.79 Å². The Kier molecular flexibility index (Phi) is 4.39. The summed E-state index contributed by atoms with van der Waals surface area (Å²) in [7, 11) is 0. The Balaban J connectivity index is 1.77. The highest BCUT2D eigenvalue weighted by Gasteiger charge is 2.27. The van der Waals surface area contributed by atoms with Crippen molar-refractivity contribution in [1.82, 2.24) is 0 Å². The van der Waals surface area contributed by atoms with Crippen molar-refractivity contribution in [2.45, 2.75) is 64.4 Å².